The summed E-state index contributed by atoms with van der Waals surface area (Å²) < 4.78 is 68.8. The van der Waals surface area contributed by atoms with Crippen molar-refractivity contribution in [3.63, 3.8) is 0 Å². The number of sulfonamides is 1. The zero-order valence-electron chi connectivity index (χ0n) is 14.9. The molecule has 0 unspecified atom stereocenters. The maximum absolute atomic E-state index is 13.2. The van der Waals surface area contributed by atoms with Crippen LogP contribution in [-0.4, -0.2) is 24.8 Å². The van der Waals surface area contributed by atoms with Crippen LogP contribution >= 0.6 is 0 Å². The Labute approximate surface area is 168 Å². The van der Waals surface area contributed by atoms with Crippen LogP contribution in [0.4, 0.5) is 18.9 Å². The zero-order valence-corrected chi connectivity index (χ0v) is 15.7. The van der Waals surface area contributed by atoms with Crippen LogP contribution < -0.4 is 10.0 Å². The van der Waals surface area contributed by atoms with E-state index in [0.717, 1.165) is 24.3 Å². The van der Waals surface area contributed by atoms with Gasteiger partial charge in [-0.25, -0.2) is 8.42 Å². The first-order valence-electron chi connectivity index (χ1n) is 8.43. The van der Waals surface area contributed by atoms with Gasteiger partial charge in [-0.3, -0.25) is 19.6 Å². The summed E-state index contributed by atoms with van der Waals surface area (Å²) in [5.74, 6) is -1.40. The summed E-state index contributed by atoms with van der Waals surface area (Å²) in [5.41, 5.74) is -1.27. The fourth-order valence-corrected chi connectivity index (χ4v) is 4.12. The average molecular weight is 435 g/mol. The van der Waals surface area contributed by atoms with Crippen molar-refractivity contribution in [1.82, 2.24) is 9.88 Å². The van der Waals surface area contributed by atoms with Gasteiger partial charge in [-0.15, -0.1) is 0 Å². The van der Waals surface area contributed by atoms with Crippen LogP contribution in [0.3, 0.4) is 0 Å². The summed E-state index contributed by atoms with van der Waals surface area (Å²) in [5, 5.41) is 2.04. The SMILES string of the molecule is O=C1NC(=O)c2cc(S(=O)(=O)Nc3cc(C(F)(F)F)ccc3-n3cccc3)ccc21. The Hall–Kier alpha value is -3.60. The summed E-state index contributed by atoms with van der Waals surface area (Å²) >= 11 is 0. The van der Waals surface area contributed by atoms with Gasteiger partial charge in [0.1, 0.15) is 0 Å². The molecule has 0 saturated carbocycles. The van der Waals surface area contributed by atoms with Crippen molar-refractivity contribution in [3.8, 4) is 5.69 Å². The first-order chi connectivity index (χ1) is 14.1. The Balaban J connectivity index is 1.79. The van der Waals surface area contributed by atoms with E-state index in [-0.39, 0.29) is 27.4 Å². The lowest BCUT2D eigenvalue weighted by Crippen LogP contribution is -2.20. The van der Waals surface area contributed by atoms with Gasteiger partial charge >= 0.3 is 6.18 Å². The number of amides is 2. The Bertz CT molecular complexity index is 1280. The highest BCUT2D eigenvalue weighted by molar-refractivity contribution is 7.92. The third-order valence-electron chi connectivity index (χ3n) is 4.47. The molecule has 1 aliphatic heterocycles. The van der Waals surface area contributed by atoms with E-state index in [9.17, 15) is 31.2 Å². The van der Waals surface area contributed by atoms with Crippen LogP contribution in [0.25, 0.3) is 5.69 Å². The third-order valence-corrected chi connectivity index (χ3v) is 5.83. The lowest BCUT2D eigenvalue weighted by Gasteiger charge is -2.16. The van der Waals surface area contributed by atoms with Gasteiger partial charge in [0, 0.05) is 12.4 Å². The van der Waals surface area contributed by atoms with Gasteiger partial charge in [-0.1, -0.05) is 0 Å². The highest BCUT2D eigenvalue weighted by Crippen LogP contribution is 2.34. The molecule has 2 N–H and O–H groups in total. The number of nitrogens with zero attached hydrogens (tertiary/aromatic N) is 1. The van der Waals surface area contributed by atoms with Crippen LogP contribution in [0, 0.1) is 0 Å². The van der Waals surface area contributed by atoms with E-state index >= 15 is 0 Å². The third kappa shape index (κ3) is 3.43. The van der Waals surface area contributed by atoms with Gasteiger partial charge in [0.15, 0.2) is 0 Å². The van der Waals surface area contributed by atoms with Gasteiger partial charge in [0.05, 0.1) is 33.0 Å². The molecular formula is C19H12F3N3O4S. The Morgan fingerprint density at radius 3 is 2.23 bits per heavy atom. The summed E-state index contributed by atoms with van der Waals surface area (Å²) in [7, 11) is -4.37. The Morgan fingerprint density at radius 2 is 1.57 bits per heavy atom. The van der Waals surface area contributed by atoms with Crippen molar-refractivity contribution in [2.75, 3.05) is 4.72 Å². The molecule has 0 radical (unpaired) electrons. The molecule has 7 nitrogen and oxygen atoms in total. The molecule has 2 amide bonds. The lowest BCUT2D eigenvalue weighted by atomic mass is 10.1. The minimum Gasteiger partial charge on any atom is -0.322 e. The molecule has 2 aromatic carbocycles. The molecule has 154 valence electrons. The topological polar surface area (TPSA) is 97.3 Å². The molecule has 4 rings (SSSR count). The average Bonchev–Trinajstić information content (AvgIpc) is 3.29. The molecule has 0 fully saturated rings. The number of carbonyl (C=O) groups excluding carboxylic acids is 2. The molecule has 2 heterocycles. The van der Waals surface area contributed by atoms with E-state index in [4.69, 9.17) is 0 Å². The van der Waals surface area contributed by atoms with Gasteiger partial charge in [-0.2, -0.15) is 13.2 Å². The standard InChI is InChI=1S/C19H12F3N3O4S/c20-19(21,22)11-3-6-16(25-7-1-2-8-25)15(9-11)24-30(28,29)12-4-5-13-14(10-12)18(27)23-17(13)26/h1-10,24H,(H,23,26,27). The predicted molar refractivity (Wildman–Crippen MR) is 99.8 cm³/mol. The Kier molecular flexibility index (Phi) is 4.42. The van der Waals surface area contributed by atoms with Gasteiger partial charge < -0.3 is 4.57 Å². The van der Waals surface area contributed by atoms with Crippen molar-refractivity contribution in [1.29, 1.82) is 0 Å². The number of hydrogen-bond acceptors (Lipinski definition) is 4. The number of halogens is 3. The van der Waals surface area contributed by atoms with Gasteiger partial charge in [0.2, 0.25) is 0 Å². The smallest absolute Gasteiger partial charge is 0.322 e. The van der Waals surface area contributed by atoms with E-state index < -0.39 is 33.6 Å². The van der Waals surface area contributed by atoms with Crippen LogP contribution in [0.5, 0.6) is 0 Å². The van der Waals surface area contributed by atoms with Crippen LogP contribution in [0.2, 0.25) is 0 Å². The summed E-state index contributed by atoms with van der Waals surface area (Å²) in [6.45, 7) is 0. The Morgan fingerprint density at radius 1 is 0.900 bits per heavy atom. The second-order valence-corrected chi connectivity index (χ2v) is 8.10. The van der Waals surface area contributed by atoms with Crippen LogP contribution in [-0.2, 0) is 16.2 Å². The maximum atomic E-state index is 13.2. The van der Waals surface area contributed by atoms with E-state index in [1.54, 1.807) is 24.5 Å². The van der Waals surface area contributed by atoms with Crippen molar-refractivity contribution >= 4 is 27.5 Å². The summed E-state index contributed by atoms with van der Waals surface area (Å²) in [6, 6.07) is 9.22. The van der Waals surface area contributed by atoms with Gasteiger partial charge in [0.25, 0.3) is 21.8 Å². The number of nitrogens with one attached hydrogen (secondary N) is 2. The second-order valence-electron chi connectivity index (χ2n) is 6.42. The second kappa shape index (κ2) is 6.73. The summed E-state index contributed by atoms with van der Waals surface area (Å²) in [6.07, 6.45) is -1.58. The highest BCUT2D eigenvalue weighted by Gasteiger charge is 2.32. The van der Waals surface area contributed by atoms with E-state index in [2.05, 4.69) is 4.72 Å². The summed E-state index contributed by atoms with van der Waals surface area (Å²) in [4.78, 5) is 23.1. The van der Waals surface area contributed by atoms with E-state index in [1.807, 2.05) is 5.32 Å². The normalized spacial score (nSPS) is 13.8. The van der Waals surface area contributed by atoms with Crippen molar-refractivity contribution in [3.05, 3.63) is 77.6 Å². The molecule has 0 aliphatic carbocycles. The van der Waals surface area contributed by atoms with E-state index in [1.165, 1.54) is 10.6 Å². The largest absolute Gasteiger partial charge is 0.416 e. The molecule has 0 spiro atoms. The molecule has 1 aromatic heterocycles. The number of rotatable bonds is 4. The predicted octanol–water partition coefficient (Wildman–Crippen LogP) is 3.18. The van der Waals surface area contributed by atoms with Crippen molar-refractivity contribution in [2.24, 2.45) is 0 Å². The minimum atomic E-state index is -4.68. The van der Waals surface area contributed by atoms with Crippen LogP contribution in [0.1, 0.15) is 26.3 Å². The first kappa shape index (κ1) is 19.7. The molecule has 0 saturated heterocycles. The fourth-order valence-electron chi connectivity index (χ4n) is 3.03. The monoisotopic (exact) mass is 435 g/mol. The number of hydrogen-bond donors (Lipinski definition) is 2. The number of benzene rings is 2. The van der Waals surface area contributed by atoms with Crippen molar-refractivity contribution < 1.29 is 31.2 Å². The number of fused-ring (bicyclic) bond motifs is 1. The van der Waals surface area contributed by atoms with E-state index in [0.29, 0.717) is 6.07 Å². The lowest BCUT2D eigenvalue weighted by molar-refractivity contribution is -0.137. The first-order valence-corrected chi connectivity index (χ1v) is 9.92. The molecule has 30 heavy (non-hydrogen) atoms. The number of imide groups is 1. The fraction of sp³-hybridized carbons (Fsp3) is 0.0526. The maximum Gasteiger partial charge on any atom is 0.416 e. The molecule has 1 aliphatic rings. The molecule has 11 heteroatoms. The number of aromatic nitrogens is 1. The number of alkyl halides is 3. The van der Waals surface area contributed by atoms with Crippen LogP contribution in [0.15, 0.2) is 65.8 Å². The molecular weight excluding hydrogens is 423 g/mol. The quantitative estimate of drug-likeness (QED) is 0.615. The van der Waals surface area contributed by atoms with Gasteiger partial charge in [-0.05, 0) is 48.5 Å². The zero-order chi connectivity index (χ0) is 21.7. The molecule has 3 aromatic rings. The highest BCUT2D eigenvalue weighted by atomic mass is 32.2. The molecule has 0 bridgehead atoms. The molecule has 0 atom stereocenters. The minimum absolute atomic E-state index is 0.0195. The number of carbonyl (C=O) groups is 2. The number of anilines is 1. The van der Waals surface area contributed by atoms with Crippen molar-refractivity contribution in [2.45, 2.75) is 11.1 Å².